The SMILES string of the molecule is [Cr].[Fe].[Ni].[SiH3]. The van der Waals surface area contributed by atoms with E-state index < -0.39 is 0 Å². The molecule has 1 radical (unpaired) electrons. The van der Waals surface area contributed by atoms with Crippen LogP contribution >= 0.6 is 0 Å². The molecule has 0 atom stereocenters. The van der Waals surface area contributed by atoms with Gasteiger partial charge in [0.1, 0.15) is 0 Å². The molecule has 4 heavy (non-hydrogen) atoms. The van der Waals surface area contributed by atoms with Crippen LogP contribution in [0.15, 0.2) is 0 Å². The van der Waals surface area contributed by atoms with Crippen LogP contribution in [0, 0.1) is 0 Å². The summed E-state index contributed by atoms with van der Waals surface area (Å²) in [6, 6.07) is 0. The summed E-state index contributed by atoms with van der Waals surface area (Å²) in [5.41, 5.74) is 0. The van der Waals surface area contributed by atoms with E-state index in [0.29, 0.717) is 0 Å². The molecule has 0 aliphatic rings. The van der Waals surface area contributed by atoms with Crippen molar-refractivity contribution >= 4 is 11.0 Å². The molecule has 0 aromatic heterocycles. The van der Waals surface area contributed by atoms with E-state index in [1.54, 1.807) is 0 Å². The molecule has 0 saturated carbocycles. The van der Waals surface area contributed by atoms with Crippen molar-refractivity contribution in [3.63, 3.8) is 0 Å². The topological polar surface area (TPSA) is 0 Å². The van der Waals surface area contributed by atoms with Gasteiger partial charge in [-0.05, 0) is 11.0 Å². The summed E-state index contributed by atoms with van der Waals surface area (Å²) in [5.74, 6) is 0. The van der Waals surface area contributed by atoms with E-state index in [1.807, 2.05) is 0 Å². The molecule has 0 aromatic rings. The van der Waals surface area contributed by atoms with Crippen molar-refractivity contribution in [1.29, 1.82) is 0 Å². The Morgan fingerprint density at radius 1 is 1.00 bits per heavy atom. The molecule has 0 bridgehead atoms. The molecule has 0 spiro atoms. The van der Waals surface area contributed by atoms with Crippen LogP contribution in [-0.2, 0) is 50.9 Å². The molecule has 0 nitrogen and oxygen atoms in total. The minimum atomic E-state index is 0. The van der Waals surface area contributed by atoms with Gasteiger partial charge in [-0.3, -0.25) is 0 Å². The zero-order chi connectivity index (χ0) is 0. The van der Waals surface area contributed by atoms with E-state index >= 15 is 0 Å². The Labute approximate surface area is 61.7 Å². The van der Waals surface area contributed by atoms with Gasteiger partial charge in [0.05, 0.1) is 0 Å². The van der Waals surface area contributed by atoms with Gasteiger partial charge in [-0.25, -0.2) is 0 Å². The van der Waals surface area contributed by atoms with Gasteiger partial charge < -0.3 is 0 Å². The zero-order valence-corrected chi connectivity index (χ0v) is 7.44. The quantitative estimate of drug-likeness (QED) is 0.429. The number of hydrogen-bond acceptors (Lipinski definition) is 0. The first-order valence-corrected chi connectivity index (χ1v) is 0. The maximum Gasteiger partial charge on any atom is 0 e. The molecule has 0 amide bonds. The van der Waals surface area contributed by atoms with Gasteiger partial charge in [-0.15, -0.1) is 0 Å². The fourth-order valence-electron chi connectivity index (χ4n) is 0. The molecule has 31 valence electrons. The fourth-order valence-corrected chi connectivity index (χ4v) is 0. The maximum atomic E-state index is 0. The third-order valence-electron chi connectivity index (χ3n) is 0. The van der Waals surface area contributed by atoms with Crippen molar-refractivity contribution in [3.05, 3.63) is 0 Å². The van der Waals surface area contributed by atoms with Crippen LogP contribution in [0.4, 0.5) is 0 Å². The van der Waals surface area contributed by atoms with Crippen molar-refractivity contribution in [3.8, 4) is 0 Å². The number of hydrogen-bond donors (Lipinski definition) is 0. The predicted octanol–water partition coefficient (Wildman–Crippen LogP) is -1.19. The Kier molecular flexibility index (Phi) is 228. The average molecular weight is 198 g/mol. The van der Waals surface area contributed by atoms with Crippen molar-refractivity contribution in [2.75, 3.05) is 0 Å². The first kappa shape index (κ1) is 42.1. The normalized spacial score (nSPS) is 0. The maximum absolute atomic E-state index is 0. The van der Waals surface area contributed by atoms with Gasteiger partial charge in [0.25, 0.3) is 0 Å². The Morgan fingerprint density at radius 3 is 1.00 bits per heavy atom. The van der Waals surface area contributed by atoms with Gasteiger partial charge >= 0.3 is 0 Å². The summed E-state index contributed by atoms with van der Waals surface area (Å²) in [6.45, 7) is 0. The van der Waals surface area contributed by atoms with Crippen LogP contribution in [0.5, 0.6) is 0 Å². The largest absolute Gasteiger partial charge is 0.0125 e. The molecular weight excluding hydrogens is 195 g/mol. The third-order valence-corrected chi connectivity index (χ3v) is 0. The van der Waals surface area contributed by atoms with E-state index in [4.69, 9.17) is 0 Å². The summed E-state index contributed by atoms with van der Waals surface area (Å²) in [7, 11) is 0. The average Bonchev–Trinajstić information content (AvgIpc) is 0. The molecule has 0 saturated heterocycles. The first-order valence-electron chi connectivity index (χ1n) is 0. The van der Waals surface area contributed by atoms with Gasteiger partial charge in [-0.2, -0.15) is 0 Å². The smallest absolute Gasteiger partial charge is 0 e. The van der Waals surface area contributed by atoms with Crippen LogP contribution in [0.25, 0.3) is 0 Å². The van der Waals surface area contributed by atoms with E-state index in [9.17, 15) is 0 Å². The van der Waals surface area contributed by atoms with Crippen LogP contribution < -0.4 is 0 Å². The van der Waals surface area contributed by atoms with Gasteiger partial charge in [0.2, 0.25) is 0 Å². The Balaban J connectivity index is 0. The molecule has 0 aromatic carbocycles. The van der Waals surface area contributed by atoms with Gasteiger partial charge in [-0.1, -0.05) is 0 Å². The molecule has 0 unspecified atom stereocenters. The third kappa shape index (κ3) is 9.24. The van der Waals surface area contributed by atoms with E-state index in [-0.39, 0.29) is 61.9 Å². The predicted molar refractivity (Wildman–Crippen MR) is 9.94 cm³/mol. The Hall–Kier alpha value is 1.76. The molecule has 0 aliphatic heterocycles. The summed E-state index contributed by atoms with van der Waals surface area (Å²) in [5, 5.41) is 0. The summed E-state index contributed by atoms with van der Waals surface area (Å²) in [4.78, 5) is 0. The first-order chi connectivity index (χ1) is 0. The van der Waals surface area contributed by atoms with Crippen LogP contribution in [0.2, 0.25) is 0 Å². The summed E-state index contributed by atoms with van der Waals surface area (Å²) < 4.78 is 0. The minimum absolute atomic E-state index is 0. The molecule has 4 heteroatoms. The van der Waals surface area contributed by atoms with Crippen LogP contribution in [0.3, 0.4) is 0 Å². The molecule has 0 N–H and O–H groups in total. The summed E-state index contributed by atoms with van der Waals surface area (Å²) >= 11 is 0. The zero-order valence-electron chi connectivity index (χ0n) is 2.08. The number of rotatable bonds is 0. The molecule has 0 fully saturated rings. The van der Waals surface area contributed by atoms with E-state index in [2.05, 4.69) is 0 Å². The molecular formula is H3CrFeNiSi. The van der Waals surface area contributed by atoms with E-state index in [0.717, 1.165) is 0 Å². The Bertz CT molecular complexity index is 8.00. The second-order valence-corrected chi connectivity index (χ2v) is 0. The van der Waals surface area contributed by atoms with Crippen molar-refractivity contribution in [2.24, 2.45) is 0 Å². The standard InChI is InChI=1S/Cr.Fe.Ni.H3Si/h;;;1H3. The van der Waals surface area contributed by atoms with Crippen LogP contribution in [0.1, 0.15) is 0 Å². The molecule has 0 heterocycles. The van der Waals surface area contributed by atoms with Crippen LogP contribution in [-0.4, -0.2) is 11.0 Å². The second-order valence-electron chi connectivity index (χ2n) is 0. The monoisotopic (exact) mass is 197 g/mol. The Morgan fingerprint density at radius 2 is 1.00 bits per heavy atom. The molecule has 0 aliphatic carbocycles. The molecule has 0 rings (SSSR count). The van der Waals surface area contributed by atoms with Gasteiger partial charge in [0.15, 0.2) is 0 Å². The van der Waals surface area contributed by atoms with E-state index in [1.165, 1.54) is 0 Å². The van der Waals surface area contributed by atoms with Gasteiger partial charge in [0, 0.05) is 50.9 Å². The van der Waals surface area contributed by atoms with Crippen molar-refractivity contribution in [2.45, 2.75) is 0 Å². The van der Waals surface area contributed by atoms with Crippen molar-refractivity contribution < 1.29 is 50.9 Å². The minimum Gasteiger partial charge on any atom is -0.0125 e. The van der Waals surface area contributed by atoms with Crippen molar-refractivity contribution in [1.82, 2.24) is 0 Å². The second kappa shape index (κ2) is 21.7. The fraction of sp³-hybridized carbons (Fsp3) is 0. The summed E-state index contributed by atoms with van der Waals surface area (Å²) in [6.07, 6.45) is 0.